The number of carbonyl (C=O) groups is 1. The van der Waals surface area contributed by atoms with Crippen molar-refractivity contribution in [2.75, 3.05) is 0 Å². The lowest BCUT2D eigenvalue weighted by Gasteiger charge is -2.25. The van der Waals surface area contributed by atoms with Crippen LogP contribution in [0.4, 0.5) is 5.69 Å². The topological polar surface area (TPSA) is 97.7 Å². The maximum Gasteiger partial charge on any atom is 0.270 e. The second-order valence-electron chi connectivity index (χ2n) is 5.60. The quantitative estimate of drug-likeness (QED) is 0.395. The third-order valence-corrected chi connectivity index (χ3v) is 3.78. The molecular formula is C17H15N3O4. The first-order chi connectivity index (χ1) is 11.5. The van der Waals surface area contributed by atoms with Gasteiger partial charge >= 0.3 is 0 Å². The van der Waals surface area contributed by atoms with Crippen molar-refractivity contribution in [1.29, 1.82) is 0 Å². The fourth-order valence-electron chi connectivity index (χ4n) is 2.42. The molecular weight excluding hydrogens is 310 g/mol. The van der Waals surface area contributed by atoms with Crippen LogP contribution >= 0.6 is 0 Å². The van der Waals surface area contributed by atoms with E-state index in [1.807, 2.05) is 0 Å². The Bertz CT molecular complexity index is 830. The minimum Gasteiger partial charge on any atom is -0.455 e. The number of hydrazone groups is 1. The van der Waals surface area contributed by atoms with E-state index in [2.05, 4.69) is 17.1 Å². The van der Waals surface area contributed by atoms with E-state index in [1.54, 1.807) is 24.3 Å². The van der Waals surface area contributed by atoms with Gasteiger partial charge in [0.05, 0.1) is 11.1 Å². The molecule has 0 radical (unpaired) electrons. The fraction of sp³-hybridized carbons (Fsp3) is 0.176. The number of hydrogen-bond acceptors (Lipinski definition) is 5. The molecule has 0 spiro atoms. The van der Waals surface area contributed by atoms with Gasteiger partial charge in [0, 0.05) is 23.6 Å². The molecule has 1 aromatic heterocycles. The van der Waals surface area contributed by atoms with Crippen LogP contribution in [0.3, 0.4) is 0 Å². The van der Waals surface area contributed by atoms with E-state index in [-0.39, 0.29) is 17.5 Å². The van der Waals surface area contributed by atoms with E-state index in [9.17, 15) is 14.9 Å². The molecule has 3 rings (SSSR count). The zero-order chi connectivity index (χ0) is 17.1. The lowest BCUT2D eigenvalue weighted by Crippen LogP contribution is -2.32. The first-order valence-corrected chi connectivity index (χ1v) is 7.37. The molecule has 1 aromatic carbocycles. The second kappa shape index (κ2) is 6.49. The van der Waals surface area contributed by atoms with Gasteiger partial charge in [-0.2, -0.15) is 5.10 Å². The summed E-state index contributed by atoms with van der Waals surface area (Å²) in [6, 6.07) is 9.53. The molecule has 0 saturated heterocycles. The molecule has 0 unspecified atom stereocenters. The highest BCUT2D eigenvalue weighted by molar-refractivity contribution is 5.83. The number of nitrogens with zero attached hydrogens (tertiary/aromatic N) is 2. The molecule has 1 aliphatic carbocycles. The molecule has 1 saturated carbocycles. The third kappa shape index (κ3) is 3.40. The molecule has 2 aromatic rings. The first-order valence-electron chi connectivity index (χ1n) is 7.37. The van der Waals surface area contributed by atoms with Gasteiger partial charge in [-0.3, -0.25) is 14.9 Å². The van der Waals surface area contributed by atoms with Crippen LogP contribution < -0.4 is 5.43 Å². The van der Waals surface area contributed by atoms with E-state index >= 15 is 0 Å². The number of nitro benzene ring substituents is 1. The van der Waals surface area contributed by atoms with E-state index in [4.69, 9.17) is 4.42 Å². The minimum atomic E-state index is -0.459. The van der Waals surface area contributed by atoms with Crippen LogP contribution in [0, 0.1) is 16.0 Å². The Morgan fingerprint density at radius 2 is 2.17 bits per heavy atom. The van der Waals surface area contributed by atoms with Gasteiger partial charge in [-0.1, -0.05) is 24.3 Å². The SMILES string of the molecule is C=C1CC(C(=O)N/N=C\c2ccc(-c3cccc([N+](=O)[O-])c3)o2)C1. The lowest BCUT2D eigenvalue weighted by molar-refractivity contribution is -0.384. The highest BCUT2D eigenvalue weighted by Gasteiger charge is 2.28. The van der Waals surface area contributed by atoms with Gasteiger partial charge in [-0.15, -0.1) is 0 Å². The summed E-state index contributed by atoms with van der Waals surface area (Å²) in [5, 5.41) is 14.7. The Balaban J connectivity index is 1.64. The molecule has 0 atom stereocenters. The van der Waals surface area contributed by atoms with E-state index < -0.39 is 4.92 Å². The second-order valence-corrected chi connectivity index (χ2v) is 5.60. The summed E-state index contributed by atoms with van der Waals surface area (Å²) in [7, 11) is 0. The number of non-ortho nitro benzene ring substituents is 1. The van der Waals surface area contributed by atoms with Crippen LogP contribution in [-0.4, -0.2) is 17.0 Å². The summed E-state index contributed by atoms with van der Waals surface area (Å²) in [6.45, 7) is 3.79. The van der Waals surface area contributed by atoms with Crippen LogP contribution in [0.5, 0.6) is 0 Å². The van der Waals surface area contributed by atoms with Crippen molar-refractivity contribution < 1.29 is 14.1 Å². The predicted octanol–water partition coefficient (Wildman–Crippen LogP) is 3.27. The van der Waals surface area contributed by atoms with Crippen LogP contribution in [0.1, 0.15) is 18.6 Å². The molecule has 1 fully saturated rings. The summed E-state index contributed by atoms with van der Waals surface area (Å²) < 4.78 is 5.57. The average Bonchev–Trinajstić information content (AvgIpc) is 3.01. The Morgan fingerprint density at radius 3 is 2.88 bits per heavy atom. The summed E-state index contributed by atoms with van der Waals surface area (Å²) in [5.41, 5.74) is 4.13. The minimum absolute atomic E-state index is 0.00605. The smallest absolute Gasteiger partial charge is 0.270 e. The Labute approximate surface area is 137 Å². The average molecular weight is 325 g/mol. The predicted molar refractivity (Wildman–Crippen MR) is 88.4 cm³/mol. The molecule has 1 heterocycles. The van der Waals surface area contributed by atoms with Gasteiger partial charge in [-0.25, -0.2) is 5.43 Å². The van der Waals surface area contributed by atoms with Crippen LogP contribution in [0.2, 0.25) is 0 Å². The molecule has 7 heteroatoms. The van der Waals surface area contributed by atoms with Crippen molar-refractivity contribution in [2.24, 2.45) is 11.0 Å². The molecule has 7 nitrogen and oxygen atoms in total. The zero-order valence-electron chi connectivity index (χ0n) is 12.8. The van der Waals surface area contributed by atoms with Crippen molar-refractivity contribution in [3.05, 3.63) is 64.4 Å². The molecule has 0 aliphatic heterocycles. The van der Waals surface area contributed by atoms with E-state index in [0.29, 0.717) is 29.9 Å². The molecule has 122 valence electrons. The summed E-state index contributed by atoms with van der Waals surface area (Å²) in [5.74, 6) is 0.743. The standard InChI is InChI=1S/C17H15N3O4/c1-11-7-13(8-11)17(21)19-18-10-15-5-6-16(24-15)12-3-2-4-14(9-12)20(22)23/h2-6,9-10,13H,1,7-8H2,(H,19,21)/b18-10-. The third-order valence-electron chi connectivity index (χ3n) is 3.78. The number of rotatable bonds is 5. The Kier molecular flexibility index (Phi) is 4.24. The molecule has 1 N–H and O–H groups in total. The van der Waals surface area contributed by atoms with Crippen molar-refractivity contribution >= 4 is 17.8 Å². The maximum absolute atomic E-state index is 11.7. The number of carbonyl (C=O) groups excluding carboxylic acids is 1. The lowest BCUT2D eigenvalue weighted by atomic mass is 9.81. The maximum atomic E-state index is 11.7. The summed E-state index contributed by atoms with van der Waals surface area (Å²) >= 11 is 0. The van der Waals surface area contributed by atoms with E-state index in [1.165, 1.54) is 18.3 Å². The van der Waals surface area contributed by atoms with Crippen molar-refractivity contribution in [2.45, 2.75) is 12.8 Å². The van der Waals surface area contributed by atoms with Crippen LogP contribution in [-0.2, 0) is 4.79 Å². The van der Waals surface area contributed by atoms with Crippen LogP contribution in [0.25, 0.3) is 11.3 Å². The van der Waals surface area contributed by atoms with Gasteiger partial charge in [-0.05, 0) is 25.0 Å². The molecule has 1 amide bonds. The number of benzene rings is 1. The summed E-state index contributed by atoms with van der Waals surface area (Å²) in [4.78, 5) is 22.1. The summed E-state index contributed by atoms with van der Waals surface area (Å²) in [6.07, 6.45) is 2.81. The molecule has 0 bridgehead atoms. The van der Waals surface area contributed by atoms with Gasteiger partial charge < -0.3 is 4.42 Å². The molecule has 1 aliphatic rings. The number of nitro groups is 1. The highest BCUT2D eigenvalue weighted by Crippen LogP contribution is 2.31. The Hall–Kier alpha value is -3.22. The van der Waals surface area contributed by atoms with Gasteiger partial charge in [0.15, 0.2) is 0 Å². The monoisotopic (exact) mass is 325 g/mol. The zero-order valence-corrected chi connectivity index (χ0v) is 12.8. The number of amides is 1. The number of furan rings is 1. The van der Waals surface area contributed by atoms with Gasteiger partial charge in [0.1, 0.15) is 11.5 Å². The molecule has 24 heavy (non-hydrogen) atoms. The number of allylic oxidation sites excluding steroid dienone is 1. The van der Waals surface area contributed by atoms with Crippen molar-refractivity contribution in [3.63, 3.8) is 0 Å². The number of nitrogens with one attached hydrogen (secondary N) is 1. The Morgan fingerprint density at radius 1 is 1.38 bits per heavy atom. The van der Waals surface area contributed by atoms with Gasteiger partial charge in [0.25, 0.3) is 5.69 Å². The fourth-order valence-corrected chi connectivity index (χ4v) is 2.42. The number of hydrogen-bond donors (Lipinski definition) is 1. The normalized spacial score (nSPS) is 14.6. The van der Waals surface area contributed by atoms with Crippen molar-refractivity contribution in [3.8, 4) is 11.3 Å². The largest absolute Gasteiger partial charge is 0.455 e. The van der Waals surface area contributed by atoms with Gasteiger partial charge in [0.2, 0.25) is 5.91 Å². The van der Waals surface area contributed by atoms with Crippen molar-refractivity contribution in [1.82, 2.24) is 5.43 Å². The van der Waals surface area contributed by atoms with E-state index in [0.717, 1.165) is 5.57 Å². The highest BCUT2D eigenvalue weighted by atomic mass is 16.6. The first kappa shape index (κ1) is 15.7. The van der Waals surface area contributed by atoms with Crippen LogP contribution in [0.15, 0.2) is 58.1 Å².